The highest BCUT2D eigenvalue weighted by molar-refractivity contribution is 9.10. The first-order chi connectivity index (χ1) is 9.42. The zero-order valence-corrected chi connectivity index (χ0v) is 12.5. The summed E-state index contributed by atoms with van der Waals surface area (Å²) < 4.78 is 14.1. The number of benzene rings is 1. The minimum absolute atomic E-state index is 0.0382. The summed E-state index contributed by atoms with van der Waals surface area (Å²) in [5, 5.41) is 13.6. The van der Waals surface area contributed by atoms with Crippen LogP contribution in [0.4, 0.5) is 14.9 Å². The van der Waals surface area contributed by atoms with Crippen LogP contribution in [0.1, 0.15) is 26.2 Å². The van der Waals surface area contributed by atoms with Crippen LogP contribution in [0.15, 0.2) is 22.7 Å². The van der Waals surface area contributed by atoms with Crippen molar-refractivity contribution in [3.8, 4) is 0 Å². The molecular formula is C13H16BrFN2O3. The van der Waals surface area contributed by atoms with Crippen molar-refractivity contribution >= 4 is 33.6 Å². The predicted octanol–water partition coefficient (Wildman–Crippen LogP) is 3.35. The van der Waals surface area contributed by atoms with E-state index in [1.54, 1.807) is 6.07 Å². The van der Waals surface area contributed by atoms with E-state index in [1.165, 1.54) is 12.1 Å². The fraction of sp³-hybridized carbons (Fsp3) is 0.385. The van der Waals surface area contributed by atoms with Crippen LogP contribution in [0.5, 0.6) is 0 Å². The Bertz CT molecular complexity index is 497. The van der Waals surface area contributed by atoms with Gasteiger partial charge in [-0.15, -0.1) is 0 Å². The van der Waals surface area contributed by atoms with Crippen LogP contribution in [0.2, 0.25) is 0 Å². The molecule has 1 aromatic rings. The molecule has 5 nitrogen and oxygen atoms in total. The lowest BCUT2D eigenvalue weighted by molar-refractivity contribution is -0.137. The van der Waals surface area contributed by atoms with Crippen molar-refractivity contribution in [1.82, 2.24) is 5.32 Å². The van der Waals surface area contributed by atoms with Crippen LogP contribution >= 0.6 is 15.9 Å². The van der Waals surface area contributed by atoms with E-state index >= 15 is 0 Å². The van der Waals surface area contributed by atoms with Gasteiger partial charge < -0.3 is 15.7 Å². The second kappa shape index (κ2) is 7.84. The third-order valence-corrected chi connectivity index (χ3v) is 3.07. The highest BCUT2D eigenvalue weighted by Crippen LogP contribution is 2.19. The lowest BCUT2D eigenvalue weighted by atomic mass is 10.1. The van der Waals surface area contributed by atoms with Gasteiger partial charge in [0.25, 0.3) is 0 Å². The van der Waals surface area contributed by atoms with Crippen molar-refractivity contribution in [2.45, 2.75) is 32.2 Å². The number of anilines is 1. The standard InChI is InChI=1S/C13H16BrFN2O3/c1-2-3-9(7-12(18)19)16-13(20)17-11-5-4-8(14)6-10(11)15/h4-6,9H,2-3,7H2,1H3,(H,18,19)(H2,16,17,20). The maximum Gasteiger partial charge on any atom is 0.319 e. The van der Waals surface area contributed by atoms with Crippen LogP contribution in [-0.2, 0) is 4.79 Å². The number of urea groups is 1. The molecule has 2 amide bonds. The Labute approximate surface area is 124 Å². The van der Waals surface area contributed by atoms with E-state index in [1.807, 2.05) is 6.92 Å². The van der Waals surface area contributed by atoms with Crippen molar-refractivity contribution in [3.05, 3.63) is 28.5 Å². The van der Waals surface area contributed by atoms with Gasteiger partial charge in [-0.3, -0.25) is 4.79 Å². The van der Waals surface area contributed by atoms with Crippen LogP contribution in [0.25, 0.3) is 0 Å². The normalized spacial score (nSPS) is 11.8. The number of carboxylic acids is 1. The largest absolute Gasteiger partial charge is 0.481 e. The van der Waals surface area contributed by atoms with Gasteiger partial charge in [0.05, 0.1) is 12.1 Å². The van der Waals surface area contributed by atoms with Gasteiger partial charge in [0.15, 0.2) is 0 Å². The number of halogens is 2. The van der Waals surface area contributed by atoms with E-state index in [-0.39, 0.29) is 12.1 Å². The van der Waals surface area contributed by atoms with Crippen molar-refractivity contribution in [2.24, 2.45) is 0 Å². The smallest absolute Gasteiger partial charge is 0.319 e. The van der Waals surface area contributed by atoms with Gasteiger partial charge >= 0.3 is 12.0 Å². The number of rotatable bonds is 6. The number of carboxylic acid groups (broad SMARTS) is 1. The molecule has 0 spiro atoms. The summed E-state index contributed by atoms with van der Waals surface area (Å²) in [4.78, 5) is 22.4. The Balaban J connectivity index is 2.62. The Kier molecular flexibility index (Phi) is 6.44. The molecule has 0 aliphatic carbocycles. The van der Waals surface area contributed by atoms with Crippen LogP contribution in [-0.4, -0.2) is 23.1 Å². The summed E-state index contributed by atoms with van der Waals surface area (Å²) in [6.45, 7) is 1.89. The zero-order valence-electron chi connectivity index (χ0n) is 11.0. The molecule has 1 unspecified atom stereocenters. The molecular weight excluding hydrogens is 331 g/mol. The van der Waals surface area contributed by atoms with Gasteiger partial charge in [-0.25, -0.2) is 9.18 Å². The second-order valence-corrected chi connectivity index (χ2v) is 5.22. The lowest BCUT2D eigenvalue weighted by Gasteiger charge is -2.16. The zero-order chi connectivity index (χ0) is 15.1. The first kappa shape index (κ1) is 16.4. The first-order valence-electron chi connectivity index (χ1n) is 6.16. The van der Waals surface area contributed by atoms with Crippen LogP contribution in [0, 0.1) is 5.82 Å². The molecule has 0 saturated heterocycles. The number of hydrogen-bond acceptors (Lipinski definition) is 2. The van der Waals surface area contributed by atoms with Crippen molar-refractivity contribution in [1.29, 1.82) is 0 Å². The van der Waals surface area contributed by atoms with Gasteiger partial charge in [-0.05, 0) is 24.6 Å². The summed E-state index contributed by atoms with van der Waals surface area (Å²) in [7, 11) is 0. The molecule has 1 aromatic carbocycles. The molecule has 0 bridgehead atoms. The van der Waals surface area contributed by atoms with Gasteiger partial charge in [-0.1, -0.05) is 29.3 Å². The summed E-state index contributed by atoms with van der Waals surface area (Å²) in [5.74, 6) is -1.56. The van der Waals surface area contributed by atoms with Crippen molar-refractivity contribution in [3.63, 3.8) is 0 Å². The molecule has 1 atom stereocenters. The average Bonchev–Trinajstić information content (AvgIpc) is 2.32. The topological polar surface area (TPSA) is 78.4 Å². The summed E-state index contributed by atoms with van der Waals surface area (Å²) >= 11 is 3.12. The predicted molar refractivity (Wildman–Crippen MR) is 77.2 cm³/mol. The van der Waals surface area contributed by atoms with E-state index in [0.717, 1.165) is 6.42 Å². The minimum Gasteiger partial charge on any atom is -0.481 e. The SMILES string of the molecule is CCCC(CC(=O)O)NC(=O)Nc1ccc(Br)cc1F. The molecule has 0 aromatic heterocycles. The number of aliphatic carboxylic acids is 1. The number of nitrogens with one attached hydrogen (secondary N) is 2. The lowest BCUT2D eigenvalue weighted by Crippen LogP contribution is -2.39. The molecule has 0 heterocycles. The van der Waals surface area contributed by atoms with E-state index in [2.05, 4.69) is 26.6 Å². The monoisotopic (exact) mass is 346 g/mol. The third-order valence-electron chi connectivity index (χ3n) is 2.57. The third kappa shape index (κ3) is 5.56. The molecule has 110 valence electrons. The Morgan fingerprint density at radius 1 is 1.45 bits per heavy atom. The second-order valence-electron chi connectivity index (χ2n) is 4.31. The first-order valence-corrected chi connectivity index (χ1v) is 6.96. The maximum atomic E-state index is 13.5. The summed E-state index contributed by atoms with van der Waals surface area (Å²) in [5.41, 5.74) is 0.0382. The Morgan fingerprint density at radius 3 is 2.70 bits per heavy atom. The van der Waals surface area contributed by atoms with Gasteiger partial charge in [0.1, 0.15) is 5.82 Å². The molecule has 0 fully saturated rings. The highest BCUT2D eigenvalue weighted by atomic mass is 79.9. The van der Waals surface area contributed by atoms with Gasteiger partial charge in [0, 0.05) is 10.5 Å². The van der Waals surface area contributed by atoms with Crippen LogP contribution < -0.4 is 10.6 Å². The fourth-order valence-corrected chi connectivity index (χ4v) is 2.05. The Hall–Kier alpha value is -1.63. The molecule has 0 saturated carbocycles. The highest BCUT2D eigenvalue weighted by Gasteiger charge is 2.16. The number of amides is 2. The molecule has 0 radical (unpaired) electrons. The molecule has 7 heteroatoms. The van der Waals surface area contributed by atoms with Gasteiger partial charge in [0.2, 0.25) is 0 Å². The van der Waals surface area contributed by atoms with Crippen LogP contribution in [0.3, 0.4) is 0 Å². The van der Waals surface area contributed by atoms with Crippen molar-refractivity contribution in [2.75, 3.05) is 5.32 Å². The van der Waals surface area contributed by atoms with E-state index in [0.29, 0.717) is 10.9 Å². The Morgan fingerprint density at radius 2 is 2.15 bits per heavy atom. The fourth-order valence-electron chi connectivity index (χ4n) is 1.72. The van der Waals surface area contributed by atoms with E-state index < -0.39 is 23.9 Å². The molecule has 3 N–H and O–H groups in total. The quantitative estimate of drug-likeness (QED) is 0.738. The number of carbonyl (C=O) groups is 2. The summed E-state index contributed by atoms with van der Waals surface area (Å²) in [6.07, 6.45) is 1.12. The summed E-state index contributed by atoms with van der Waals surface area (Å²) in [6, 6.07) is 3.16. The maximum absolute atomic E-state index is 13.5. The average molecular weight is 347 g/mol. The molecule has 20 heavy (non-hydrogen) atoms. The molecule has 0 aliphatic rings. The van der Waals surface area contributed by atoms with E-state index in [9.17, 15) is 14.0 Å². The van der Waals surface area contributed by atoms with Gasteiger partial charge in [-0.2, -0.15) is 0 Å². The molecule has 0 aliphatic heterocycles. The minimum atomic E-state index is -0.987. The number of hydrogen-bond donors (Lipinski definition) is 3. The van der Waals surface area contributed by atoms with Crippen molar-refractivity contribution < 1.29 is 19.1 Å². The molecule has 1 rings (SSSR count). The number of carbonyl (C=O) groups excluding carboxylic acids is 1. The van der Waals surface area contributed by atoms with E-state index in [4.69, 9.17) is 5.11 Å².